The van der Waals surface area contributed by atoms with E-state index >= 15 is 0 Å². The minimum atomic E-state index is -0.535. The molecule has 1 rings (SSSR count). The van der Waals surface area contributed by atoms with Gasteiger partial charge in [0.05, 0.1) is 0 Å². The molecule has 0 aliphatic heterocycles. The van der Waals surface area contributed by atoms with E-state index in [1.54, 1.807) is 0 Å². The number of hydrogen-bond donors (Lipinski definition) is 1. The molecule has 1 aromatic rings. The second kappa shape index (κ2) is 7.56. The fraction of sp³-hybridized carbons (Fsp3) is 0.600. The van der Waals surface area contributed by atoms with Crippen LogP contribution in [-0.2, 0) is 6.54 Å². The normalized spacial score (nSPS) is 11.8. The Labute approximate surface area is 114 Å². The molecule has 0 radical (unpaired) electrons. The van der Waals surface area contributed by atoms with Gasteiger partial charge in [0.15, 0.2) is 0 Å². The van der Waals surface area contributed by atoms with Gasteiger partial charge in [0, 0.05) is 43.3 Å². The molecule has 0 saturated heterocycles. The van der Waals surface area contributed by atoms with Crippen molar-refractivity contribution >= 4 is 0 Å². The van der Waals surface area contributed by atoms with Crippen LogP contribution in [0, 0.1) is 11.6 Å². The Balaban J connectivity index is 2.38. The number of nitrogens with one attached hydrogen (secondary N) is 1. The van der Waals surface area contributed by atoms with Gasteiger partial charge in [-0.05, 0) is 33.8 Å². The zero-order valence-electron chi connectivity index (χ0n) is 12.2. The number of nitrogens with zero attached hydrogens (tertiary/aromatic N) is 1. The molecule has 0 spiro atoms. The van der Waals surface area contributed by atoms with Crippen LogP contribution in [0.3, 0.4) is 0 Å². The van der Waals surface area contributed by atoms with Crippen LogP contribution in [0.1, 0.15) is 33.3 Å². The first-order chi connectivity index (χ1) is 8.91. The Morgan fingerprint density at radius 2 is 1.74 bits per heavy atom. The SMILES string of the molecule is CC(C)N(CCNCc1ccc(F)cc1F)C(C)C. The van der Waals surface area contributed by atoms with E-state index in [0.29, 0.717) is 24.2 Å². The average molecular weight is 270 g/mol. The van der Waals surface area contributed by atoms with Crippen LogP contribution < -0.4 is 5.32 Å². The third-order valence-electron chi connectivity index (χ3n) is 3.20. The first-order valence-electron chi connectivity index (χ1n) is 6.82. The molecule has 0 heterocycles. The molecular weight excluding hydrogens is 246 g/mol. The molecule has 0 aliphatic carbocycles. The van der Waals surface area contributed by atoms with Gasteiger partial charge in [0.25, 0.3) is 0 Å². The third kappa shape index (κ3) is 5.25. The highest BCUT2D eigenvalue weighted by atomic mass is 19.1. The topological polar surface area (TPSA) is 15.3 Å². The summed E-state index contributed by atoms with van der Waals surface area (Å²) in [5.74, 6) is -1.02. The highest BCUT2D eigenvalue weighted by Crippen LogP contribution is 2.09. The quantitative estimate of drug-likeness (QED) is 0.766. The van der Waals surface area contributed by atoms with Crippen LogP contribution in [0.25, 0.3) is 0 Å². The van der Waals surface area contributed by atoms with Crippen molar-refractivity contribution in [1.82, 2.24) is 10.2 Å². The fourth-order valence-electron chi connectivity index (χ4n) is 2.21. The number of halogens is 2. The van der Waals surface area contributed by atoms with Gasteiger partial charge in [0.2, 0.25) is 0 Å². The molecule has 0 fully saturated rings. The minimum absolute atomic E-state index is 0.427. The van der Waals surface area contributed by atoms with Crippen molar-refractivity contribution in [3.05, 3.63) is 35.4 Å². The van der Waals surface area contributed by atoms with Crippen molar-refractivity contribution < 1.29 is 8.78 Å². The average Bonchev–Trinajstić information content (AvgIpc) is 2.30. The zero-order chi connectivity index (χ0) is 14.4. The molecule has 19 heavy (non-hydrogen) atoms. The predicted octanol–water partition coefficient (Wildman–Crippen LogP) is 3.17. The maximum Gasteiger partial charge on any atom is 0.130 e. The lowest BCUT2D eigenvalue weighted by molar-refractivity contribution is 0.175. The first kappa shape index (κ1) is 16.1. The van der Waals surface area contributed by atoms with Gasteiger partial charge >= 0.3 is 0 Å². The summed E-state index contributed by atoms with van der Waals surface area (Å²) >= 11 is 0. The summed E-state index contributed by atoms with van der Waals surface area (Å²) in [6, 6.07) is 4.68. The van der Waals surface area contributed by atoms with E-state index in [0.717, 1.165) is 19.2 Å². The molecule has 0 unspecified atom stereocenters. The molecule has 1 aromatic carbocycles. The lowest BCUT2D eigenvalue weighted by Crippen LogP contribution is -2.41. The summed E-state index contributed by atoms with van der Waals surface area (Å²) in [4.78, 5) is 2.37. The summed E-state index contributed by atoms with van der Waals surface area (Å²) in [5.41, 5.74) is 0.502. The molecule has 1 N–H and O–H groups in total. The van der Waals surface area contributed by atoms with E-state index in [1.807, 2.05) is 0 Å². The molecule has 108 valence electrons. The summed E-state index contributed by atoms with van der Waals surface area (Å²) in [6.07, 6.45) is 0. The van der Waals surface area contributed by atoms with E-state index in [2.05, 4.69) is 37.9 Å². The highest BCUT2D eigenvalue weighted by Gasteiger charge is 2.12. The van der Waals surface area contributed by atoms with Gasteiger partial charge in [-0.3, -0.25) is 4.90 Å². The molecule has 0 amide bonds. The summed E-state index contributed by atoms with van der Waals surface area (Å²) in [6.45, 7) is 10.8. The number of rotatable bonds is 7. The Hall–Kier alpha value is -1.00. The fourth-order valence-corrected chi connectivity index (χ4v) is 2.21. The van der Waals surface area contributed by atoms with Crippen molar-refractivity contribution in [2.75, 3.05) is 13.1 Å². The van der Waals surface area contributed by atoms with Gasteiger partial charge in [0.1, 0.15) is 11.6 Å². The molecule has 0 bridgehead atoms. The van der Waals surface area contributed by atoms with Gasteiger partial charge in [-0.15, -0.1) is 0 Å². The van der Waals surface area contributed by atoms with Gasteiger partial charge in [-0.2, -0.15) is 0 Å². The molecule has 0 atom stereocenters. The monoisotopic (exact) mass is 270 g/mol. The van der Waals surface area contributed by atoms with Crippen LogP contribution in [0.5, 0.6) is 0 Å². The largest absolute Gasteiger partial charge is 0.311 e. The van der Waals surface area contributed by atoms with Crippen molar-refractivity contribution in [2.24, 2.45) is 0 Å². The maximum absolute atomic E-state index is 13.4. The van der Waals surface area contributed by atoms with Crippen molar-refractivity contribution in [3.63, 3.8) is 0 Å². The first-order valence-corrected chi connectivity index (χ1v) is 6.82. The highest BCUT2D eigenvalue weighted by molar-refractivity contribution is 5.18. The Bertz CT molecular complexity index is 384. The van der Waals surface area contributed by atoms with Crippen LogP contribution in [0.2, 0.25) is 0 Å². The standard InChI is InChI=1S/C15H24F2N2/c1-11(2)19(12(3)4)8-7-18-10-13-5-6-14(16)9-15(13)17/h5-6,9,11-12,18H,7-8,10H2,1-4H3. The predicted molar refractivity (Wildman–Crippen MR) is 75.0 cm³/mol. The maximum atomic E-state index is 13.4. The van der Waals surface area contributed by atoms with E-state index in [9.17, 15) is 8.78 Å². The molecule has 2 nitrogen and oxygen atoms in total. The second-order valence-corrected chi connectivity index (χ2v) is 5.34. The van der Waals surface area contributed by atoms with Crippen LogP contribution in [-0.4, -0.2) is 30.1 Å². The molecule has 0 saturated carbocycles. The summed E-state index contributed by atoms with van der Waals surface area (Å²) in [7, 11) is 0. The zero-order valence-corrected chi connectivity index (χ0v) is 12.2. The Morgan fingerprint density at radius 1 is 1.11 bits per heavy atom. The van der Waals surface area contributed by atoms with Gasteiger partial charge in [-0.1, -0.05) is 6.07 Å². The lowest BCUT2D eigenvalue weighted by atomic mass is 10.2. The van der Waals surface area contributed by atoms with Crippen LogP contribution in [0.4, 0.5) is 8.78 Å². The van der Waals surface area contributed by atoms with Crippen molar-refractivity contribution in [3.8, 4) is 0 Å². The van der Waals surface area contributed by atoms with E-state index in [4.69, 9.17) is 0 Å². The summed E-state index contributed by atoms with van der Waals surface area (Å²) < 4.78 is 26.2. The smallest absolute Gasteiger partial charge is 0.130 e. The van der Waals surface area contributed by atoms with Gasteiger partial charge < -0.3 is 5.32 Å². The second-order valence-electron chi connectivity index (χ2n) is 5.34. The third-order valence-corrected chi connectivity index (χ3v) is 3.20. The Kier molecular flexibility index (Phi) is 6.38. The lowest BCUT2D eigenvalue weighted by Gasteiger charge is -2.30. The van der Waals surface area contributed by atoms with Crippen LogP contribution in [0.15, 0.2) is 18.2 Å². The number of hydrogen-bond acceptors (Lipinski definition) is 2. The van der Waals surface area contributed by atoms with E-state index in [-0.39, 0.29) is 0 Å². The van der Waals surface area contributed by atoms with E-state index in [1.165, 1.54) is 12.1 Å². The van der Waals surface area contributed by atoms with Crippen LogP contribution >= 0.6 is 0 Å². The van der Waals surface area contributed by atoms with Crippen molar-refractivity contribution in [1.29, 1.82) is 0 Å². The summed E-state index contributed by atoms with van der Waals surface area (Å²) in [5, 5.41) is 3.20. The molecule has 4 heteroatoms. The molecule has 0 aliphatic rings. The van der Waals surface area contributed by atoms with Gasteiger partial charge in [-0.25, -0.2) is 8.78 Å². The number of benzene rings is 1. The van der Waals surface area contributed by atoms with E-state index < -0.39 is 11.6 Å². The Morgan fingerprint density at radius 3 is 2.26 bits per heavy atom. The minimum Gasteiger partial charge on any atom is -0.311 e. The van der Waals surface area contributed by atoms with Crippen molar-refractivity contribution in [2.45, 2.75) is 46.3 Å². The molecule has 0 aromatic heterocycles. The molecular formula is C15H24F2N2.